The van der Waals surface area contributed by atoms with Crippen LogP contribution in [0.2, 0.25) is 0 Å². The number of hydrogen-bond donors (Lipinski definition) is 1. The normalized spacial score (nSPS) is 19.2. The smallest absolute Gasteiger partial charge is 0.252 e. The molecule has 0 spiro atoms. The lowest BCUT2D eigenvalue weighted by molar-refractivity contribution is 0.0941. The molecule has 1 aliphatic heterocycles. The molecule has 0 aliphatic carbocycles. The molecule has 1 amide bonds. The molecule has 2 aromatic rings. The van der Waals surface area contributed by atoms with Gasteiger partial charge in [0.25, 0.3) is 5.91 Å². The Hall–Kier alpha value is -1.95. The molecule has 112 valence electrons. The number of nitrogens with zero attached hydrogens (tertiary/aromatic N) is 4. The predicted molar refractivity (Wildman–Crippen MR) is 80.3 cm³/mol. The van der Waals surface area contributed by atoms with Crippen molar-refractivity contribution >= 4 is 11.6 Å². The van der Waals surface area contributed by atoms with E-state index in [2.05, 4.69) is 27.3 Å². The number of pyridine rings is 1. The minimum atomic E-state index is -0.0343. The number of carbonyl (C=O) groups is 1. The fourth-order valence-electron chi connectivity index (χ4n) is 2.99. The molecule has 1 N–H and O–H groups in total. The highest BCUT2D eigenvalue weighted by molar-refractivity contribution is 5.94. The fourth-order valence-corrected chi connectivity index (χ4v) is 2.99. The van der Waals surface area contributed by atoms with Crippen molar-refractivity contribution in [2.24, 2.45) is 0 Å². The van der Waals surface area contributed by atoms with Gasteiger partial charge >= 0.3 is 0 Å². The van der Waals surface area contributed by atoms with E-state index in [1.807, 2.05) is 17.4 Å². The summed E-state index contributed by atoms with van der Waals surface area (Å²) in [5.74, 6) is 0.751. The van der Waals surface area contributed by atoms with Crippen LogP contribution in [0.15, 0.2) is 18.3 Å². The van der Waals surface area contributed by atoms with Crippen molar-refractivity contribution < 1.29 is 4.79 Å². The molecule has 0 radical (unpaired) electrons. The van der Waals surface area contributed by atoms with Gasteiger partial charge in [-0.25, -0.2) is 0 Å². The summed E-state index contributed by atoms with van der Waals surface area (Å²) in [7, 11) is 0. The summed E-state index contributed by atoms with van der Waals surface area (Å²) in [5, 5.41) is 11.1. The number of nitrogens with one attached hydrogen (secondary N) is 1. The van der Waals surface area contributed by atoms with E-state index in [1.165, 1.54) is 6.42 Å². The van der Waals surface area contributed by atoms with E-state index < -0.39 is 0 Å². The summed E-state index contributed by atoms with van der Waals surface area (Å²) in [4.78, 5) is 14.7. The van der Waals surface area contributed by atoms with Crippen LogP contribution in [0.1, 0.15) is 35.9 Å². The van der Waals surface area contributed by atoms with Gasteiger partial charge < -0.3 is 5.32 Å². The molecule has 1 fully saturated rings. The summed E-state index contributed by atoms with van der Waals surface area (Å²) >= 11 is 0. The van der Waals surface area contributed by atoms with Crippen LogP contribution in [0.5, 0.6) is 0 Å². The molecular weight excluding hydrogens is 266 g/mol. The number of likely N-dealkylation sites (N-methyl/N-ethyl adjacent to an activating group) is 1. The number of aromatic nitrogens is 3. The quantitative estimate of drug-likeness (QED) is 0.919. The number of fused-ring (bicyclic) bond motifs is 1. The lowest BCUT2D eigenvalue weighted by atomic mass is 10.2. The zero-order valence-electron chi connectivity index (χ0n) is 12.5. The summed E-state index contributed by atoms with van der Waals surface area (Å²) in [5.41, 5.74) is 1.41. The Labute approximate surface area is 124 Å². The highest BCUT2D eigenvalue weighted by Crippen LogP contribution is 2.15. The first kappa shape index (κ1) is 14.0. The van der Waals surface area contributed by atoms with Crippen LogP contribution in [0, 0.1) is 6.92 Å². The number of likely N-dealkylation sites (tertiary alicyclic amines) is 1. The highest BCUT2D eigenvalue weighted by Gasteiger charge is 2.23. The maximum absolute atomic E-state index is 12.3. The van der Waals surface area contributed by atoms with Crippen molar-refractivity contribution in [3.63, 3.8) is 0 Å². The van der Waals surface area contributed by atoms with E-state index in [1.54, 1.807) is 12.3 Å². The van der Waals surface area contributed by atoms with Crippen LogP contribution in [0.4, 0.5) is 0 Å². The molecule has 0 bridgehead atoms. The van der Waals surface area contributed by atoms with Gasteiger partial charge in [0, 0.05) is 18.8 Å². The summed E-state index contributed by atoms with van der Waals surface area (Å²) in [6, 6.07) is 4.09. The van der Waals surface area contributed by atoms with Gasteiger partial charge in [-0.05, 0) is 45.0 Å². The molecule has 1 saturated heterocycles. The zero-order chi connectivity index (χ0) is 14.8. The summed E-state index contributed by atoms with van der Waals surface area (Å²) in [6.07, 6.45) is 4.18. The first-order chi connectivity index (χ1) is 10.2. The van der Waals surface area contributed by atoms with Crippen LogP contribution in [0.3, 0.4) is 0 Å². The van der Waals surface area contributed by atoms with Crippen LogP contribution >= 0.6 is 0 Å². The number of aryl methyl sites for hydroxylation is 1. The minimum absolute atomic E-state index is 0.0343. The molecule has 1 atom stereocenters. The second kappa shape index (κ2) is 5.81. The fraction of sp³-hybridized carbons (Fsp3) is 0.533. The van der Waals surface area contributed by atoms with Crippen molar-refractivity contribution in [3.8, 4) is 0 Å². The molecule has 1 unspecified atom stereocenters. The second-order valence-corrected chi connectivity index (χ2v) is 5.53. The predicted octanol–water partition coefficient (Wildman–Crippen LogP) is 1.25. The first-order valence-corrected chi connectivity index (χ1v) is 7.52. The Bertz CT molecular complexity index is 651. The highest BCUT2D eigenvalue weighted by atomic mass is 16.1. The van der Waals surface area contributed by atoms with Crippen molar-refractivity contribution in [2.45, 2.75) is 32.7 Å². The van der Waals surface area contributed by atoms with E-state index in [9.17, 15) is 4.79 Å². The van der Waals surface area contributed by atoms with E-state index in [0.29, 0.717) is 18.2 Å². The third-order valence-corrected chi connectivity index (χ3v) is 4.24. The Morgan fingerprint density at radius 3 is 3.10 bits per heavy atom. The maximum Gasteiger partial charge on any atom is 0.252 e. The molecule has 1 aliphatic rings. The van der Waals surface area contributed by atoms with Gasteiger partial charge in [-0.1, -0.05) is 6.92 Å². The van der Waals surface area contributed by atoms with Gasteiger partial charge in [-0.15, -0.1) is 10.2 Å². The maximum atomic E-state index is 12.3. The molecule has 0 saturated carbocycles. The number of amides is 1. The molecule has 6 nitrogen and oxygen atoms in total. The molecule has 3 rings (SSSR count). The number of carbonyl (C=O) groups excluding carboxylic acids is 1. The van der Waals surface area contributed by atoms with Crippen molar-refractivity contribution in [1.82, 2.24) is 24.8 Å². The van der Waals surface area contributed by atoms with Crippen molar-refractivity contribution in [2.75, 3.05) is 19.6 Å². The van der Waals surface area contributed by atoms with E-state index >= 15 is 0 Å². The van der Waals surface area contributed by atoms with Gasteiger partial charge in [0.1, 0.15) is 5.82 Å². The molecule has 3 heterocycles. The van der Waals surface area contributed by atoms with Crippen molar-refractivity contribution in [3.05, 3.63) is 29.7 Å². The monoisotopic (exact) mass is 287 g/mol. The summed E-state index contributed by atoms with van der Waals surface area (Å²) < 4.78 is 1.84. The SMILES string of the molecule is CCN1CCCC1CNC(=O)c1ccc2nnc(C)n2c1. The van der Waals surface area contributed by atoms with Gasteiger partial charge in [-0.3, -0.25) is 14.1 Å². The minimum Gasteiger partial charge on any atom is -0.350 e. The van der Waals surface area contributed by atoms with E-state index in [0.717, 1.165) is 31.0 Å². The van der Waals surface area contributed by atoms with Crippen LogP contribution in [-0.2, 0) is 0 Å². The Morgan fingerprint density at radius 2 is 2.29 bits per heavy atom. The third-order valence-electron chi connectivity index (χ3n) is 4.24. The lowest BCUT2D eigenvalue weighted by Crippen LogP contribution is -2.40. The summed E-state index contributed by atoms with van der Waals surface area (Å²) in [6.45, 7) is 6.95. The number of hydrogen-bond acceptors (Lipinski definition) is 4. The Kier molecular flexibility index (Phi) is 3.88. The standard InChI is InChI=1S/C15H21N5O/c1-3-19-8-4-5-13(19)9-16-15(21)12-6-7-14-18-17-11(2)20(14)10-12/h6-7,10,13H,3-5,8-9H2,1-2H3,(H,16,21). The van der Waals surface area contributed by atoms with Crippen LogP contribution in [0.25, 0.3) is 5.65 Å². The van der Waals surface area contributed by atoms with E-state index in [4.69, 9.17) is 0 Å². The Morgan fingerprint density at radius 1 is 1.43 bits per heavy atom. The van der Waals surface area contributed by atoms with Gasteiger partial charge in [0.05, 0.1) is 5.56 Å². The van der Waals surface area contributed by atoms with Crippen molar-refractivity contribution in [1.29, 1.82) is 0 Å². The molecule has 2 aromatic heterocycles. The average Bonchev–Trinajstić information content (AvgIpc) is 3.11. The van der Waals surface area contributed by atoms with Gasteiger partial charge in [-0.2, -0.15) is 0 Å². The molecule has 6 heteroatoms. The average molecular weight is 287 g/mol. The topological polar surface area (TPSA) is 62.5 Å². The van der Waals surface area contributed by atoms with Crippen LogP contribution in [-0.4, -0.2) is 51.1 Å². The van der Waals surface area contributed by atoms with Gasteiger partial charge in [0.15, 0.2) is 5.65 Å². The number of rotatable bonds is 4. The zero-order valence-corrected chi connectivity index (χ0v) is 12.5. The lowest BCUT2D eigenvalue weighted by Gasteiger charge is -2.22. The van der Waals surface area contributed by atoms with E-state index in [-0.39, 0.29) is 5.91 Å². The second-order valence-electron chi connectivity index (χ2n) is 5.53. The Balaban J connectivity index is 1.67. The molecule has 0 aromatic carbocycles. The molecular formula is C15H21N5O. The molecule has 21 heavy (non-hydrogen) atoms. The first-order valence-electron chi connectivity index (χ1n) is 7.52. The third kappa shape index (κ3) is 2.76. The van der Waals surface area contributed by atoms with Crippen LogP contribution < -0.4 is 5.32 Å². The largest absolute Gasteiger partial charge is 0.350 e. The van der Waals surface area contributed by atoms with Gasteiger partial charge in [0.2, 0.25) is 0 Å².